The fraction of sp³-hybridized carbons (Fsp3) is 0.350. The van der Waals surface area contributed by atoms with Crippen molar-refractivity contribution in [1.82, 2.24) is 4.98 Å². The second kappa shape index (κ2) is 8.39. The fourth-order valence-electron chi connectivity index (χ4n) is 2.86. The van der Waals surface area contributed by atoms with Crippen molar-refractivity contribution in [2.45, 2.75) is 40.7 Å². The molecule has 1 N–H and O–H groups in total. The van der Waals surface area contributed by atoms with Gasteiger partial charge >= 0.3 is 5.97 Å². The van der Waals surface area contributed by atoms with Gasteiger partial charge in [-0.05, 0) is 63.9 Å². The van der Waals surface area contributed by atoms with E-state index < -0.39 is 17.9 Å². The quantitative estimate of drug-likeness (QED) is 0.569. The molecule has 7 heteroatoms. The molecule has 1 heterocycles. The highest BCUT2D eigenvalue weighted by molar-refractivity contribution is 6.31. The molecule has 0 aliphatic carbocycles. The Hall–Kier alpha value is -2.60. The summed E-state index contributed by atoms with van der Waals surface area (Å²) >= 11 is 5.94. The first-order chi connectivity index (χ1) is 12.6. The Morgan fingerprint density at radius 1 is 1.19 bits per heavy atom. The largest absolute Gasteiger partial charge is 0.482 e. The van der Waals surface area contributed by atoms with E-state index in [-0.39, 0.29) is 18.1 Å². The third-order valence-electron chi connectivity index (χ3n) is 4.20. The van der Waals surface area contributed by atoms with Crippen molar-refractivity contribution >= 4 is 29.1 Å². The van der Waals surface area contributed by atoms with Crippen molar-refractivity contribution in [3.8, 4) is 5.75 Å². The van der Waals surface area contributed by atoms with E-state index in [0.29, 0.717) is 27.6 Å². The molecular weight excluding hydrogens is 370 g/mol. The van der Waals surface area contributed by atoms with Gasteiger partial charge in [0.05, 0.1) is 5.69 Å². The smallest absolute Gasteiger partial charge is 0.344 e. The lowest BCUT2D eigenvalue weighted by Gasteiger charge is -2.13. The third-order valence-corrected chi connectivity index (χ3v) is 4.62. The molecule has 0 spiro atoms. The van der Waals surface area contributed by atoms with Gasteiger partial charge in [0.15, 0.2) is 18.5 Å². The van der Waals surface area contributed by atoms with Crippen LogP contribution in [0, 0.1) is 20.8 Å². The minimum atomic E-state index is -1.01. The number of hydrogen-bond donors (Lipinski definition) is 1. The minimum Gasteiger partial charge on any atom is -0.482 e. The van der Waals surface area contributed by atoms with Crippen LogP contribution in [0.3, 0.4) is 0 Å². The van der Waals surface area contributed by atoms with E-state index in [9.17, 15) is 14.4 Å². The summed E-state index contributed by atoms with van der Waals surface area (Å²) in [6.45, 7) is 7.82. The minimum absolute atomic E-state index is 0.128. The van der Waals surface area contributed by atoms with E-state index >= 15 is 0 Å². The van der Waals surface area contributed by atoms with Gasteiger partial charge in [-0.3, -0.25) is 9.59 Å². The molecule has 0 unspecified atom stereocenters. The number of aryl methyl sites for hydroxylation is 2. The van der Waals surface area contributed by atoms with Gasteiger partial charge in [-0.15, -0.1) is 0 Å². The number of carbonyl (C=O) groups excluding carboxylic acids is 3. The maximum Gasteiger partial charge on any atom is 0.344 e. The summed E-state index contributed by atoms with van der Waals surface area (Å²) in [7, 11) is 0. The molecule has 0 aliphatic heterocycles. The van der Waals surface area contributed by atoms with Crippen LogP contribution in [-0.4, -0.2) is 35.2 Å². The average molecular weight is 392 g/mol. The maximum absolute atomic E-state index is 12.6. The number of H-pyrrole nitrogens is 1. The molecule has 2 rings (SSSR count). The second-order valence-corrected chi connectivity index (χ2v) is 6.78. The molecule has 0 radical (unpaired) electrons. The van der Waals surface area contributed by atoms with Crippen molar-refractivity contribution in [1.29, 1.82) is 0 Å². The van der Waals surface area contributed by atoms with E-state index in [2.05, 4.69) is 4.98 Å². The second-order valence-electron chi connectivity index (χ2n) is 6.38. The van der Waals surface area contributed by atoms with Gasteiger partial charge in [-0.2, -0.15) is 0 Å². The van der Waals surface area contributed by atoms with Gasteiger partial charge in [-0.1, -0.05) is 11.6 Å². The molecule has 1 aromatic carbocycles. The Morgan fingerprint density at radius 2 is 1.85 bits per heavy atom. The van der Waals surface area contributed by atoms with Crippen molar-refractivity contribution in [3.63, 3.8) is 0 Å². The first kappa shape index (κ1) is 20.7. The zero-order valence-corrected chi connectivity index (χ0v) is 16.7. The number of benzene rings is 1. The van der Waals surface area contributed by atoms with Gasteiger partial charge in [0.1, 0.15) is 5.75 Å². The van der Waals surface area contributed by atoms with Crippen LogP contribution in [0.25, 0.3) is 0 Å². The molecule has 27 heavy (non-hydrogen) atoms. The number of esters is 1. The van der Waals surface area contributed by atoms with Crippen molar-refractivity contribution in [2.75, 3.05) is 6.61 Å². The Balaban J connectivity index is 1.99. The highest BCUT2D eigenvalue weighted by Crippen LogP contribution is 2.22. The van der Waals surface area contributed by atoms with Gasteiger partial charge in [0.25, 0.3) is 0 Å². The number of ketones is 2. The van der Waals surface area contributed by atoms with Gasteiger partial charge < -0.3 is 14.5 Å². The van der Waals surface area contributed by atoms with Crippen molar-refractivity contribution < 1.29 is 23.9 Å². The summed E-state index contributed by atoms with van der Waals surface area (Å²) in [5.74, 6) is -0.721. The number of hydrogen-bond acceptors (Lipinski definition) is 5. The zero-order chi connectivity index (χ0) is 20.3. The Kier molecular flexibility index (Phi) is 6.44. The third kappa shape index (κ3) is 4.77. The Bertz CT molecular complexity index is 900. The van der Waals surface area contributed by atoms with E-state index in [4.69, 9.17) is 21.1 Å². The molecule has 0 saturated heterocycles. The summed E-state index contributed by atoms with van der Waals surface area (Å²) in [6.07, 6.45) is -1.01. The molecule has 0 fully saturated rings. The topological polar surface area (TPSA) is 85.5 Å². The van der Waals surface area contributed by atoms with Crippen LogP contribution in [0.15, 0.2) is 18.2 Å². The van der Waals surface area contributed by atoms with Gasteiger partial charge in [-0.25, -0.2) is 4.79 Å². The molecule has 0 amide bonds. The molecule has 0 bridgehead atoms. The van der Waals surface area contributed by atoms with E-state index in [1.165, 1.54) is 13.8 Å². The zero-order valence-electron chi connectivity index (χ0n) is 15.9. The van der Waals surface area contributed by atoms with Crippen molar-refractivity contribution in [3.05, 3.63) is 51.3 Å². The van der Waals surface area contributed by atoms with Crippen LogP contribution in [-0.2, 0) is 9.53 Å². The molecule has 0 saturated carbocycles. The lowest BCUT2D eigenvalue weighted by Crippen LogP contribution is -2.28. The number of aromatic nitrogens is 1. The fourth-order valence-corrected chi connectivity index (χ4v) is 2.98. The Labute approximate surface area is 162 Å². The normalized spacial score (nSPS) is 11.8. The molecule has 0 aliphatic rings. The van der Waals surface area contributed by atoms with Crippen LogP contribution >= 0.6 is 11.6 Å². The van der Waals surface area contributed by atoms with E-state index in [1.807, 2.05) is 6.92 Å². The highest BCUT2D eigenvalue weighted by atomic mass is 35.5. The lowest BCUT2D eigenvalue weighted by atomic mass is 10.0. The number of Topliss-reactive ketones (excluding diaryl/α,β-unsaturated/α-hetero) is 2. The van der Waals surface area contributed by atoms with Crippen LogP contribution in [0.5, 0.6) is 5.75 Å². The summed E-state index contributed by atoms with van der Waals surface area (Å²) in [4.78, 5) is 39.2. The molecule has 1 atom stereocenters. The predicted molar refractivity (Wildman–Crippen MR) is 102 cm³/mol. The standard InChI is InChI=1S/C20H22ClNO5/c1-10-8-15(6-7-16(10)21)26-9-17(24)27-14(5)20(25)19-11(2)18(13(4)23)12(3)22-19/h6-8,14,22H,9H2,1-5H3/t14-/m1/s1. The SMILES string of the molecule is CC(=O)c1c(C)[nH]c(C(=O)[C@@H](C)OC(=O)COc2ccc(Cl)c(C)c2)c1C. The average Bonchev–Trinajstić information content (AvgIpc) is 2.89. The lowest BCUT2D eigenvalue weighted by molar-refractivity contribution is -0.148. The van der Waals surface area contributed by atoms with E-state index in [0.717, 1.165) is 5.56 Å². The number of rotatable bonds is 7. The summed E-state index contributed by atoms with van der Waals surface area (Å²) in [5.41, 5.74) is 2.75. The van der Waals surface area contributed by atoms with Crippen LogP contribution in [0.1, 0.15) is 51.5 Å². The molecule has 6 nitrogen and oxygen atoms in total. The van der Waals surface area contributed by atoms with Crippen LogP contribution < -0.4 is 4.74 Å². The summed E-state index contributed by atoms with van der Waals surface area (Å²) in [5, 5.41) is 0.602. The molecule has 2 aromatic rings. The number of halogens is 1. The molecule has 1 aromatic heterocycles. The van der Waals surface area contributed by atoms with Gasteiger partial charge in [0.2, 0.25) is 5.78 Å². The summed E-state index contributed by atoms with van der Waals surface area (Å²) in [6, 6.07) is 5.02. The van der Waals surface area contributed by atoms with Crippen LogP contribution in [0.2, 0.25) is 5.02 Å². The molecular formula is C20H22ClNO5. The molecule has 144 valence electrons. The van der Waals surface area contributed by atoms with Crippen molar-refractivity contribution in [2.24, 2.45) is 0 Å². The first-order valence-electron chi connectivity index (χ1n) is 8.44. The predicted octanol–water partition coefficient (Wildman–Crippen LogP) is 3.99. The van der Waals surface area contributed by atoms with Crippen LogP contribution in [0.4, 0.5) is 0 Å². The first-order valence-corrected chi connectivity index (χ1v) is 8.82. The van der Waals surface area contributed by atoms with Gasteiger partial charge in [0, 0.05) is 16.3 Å². The number of aromatic amines is 1. The Morgan fingerprint density at radius 3 is 2.41 bits per heavy atom. The number of ether oxygens (including phenoxy) is 2. The maximum atomic E-state index is 12.6. The summed E-state index contributed by atoms with van der Waals surface area (Å²) < 4.78 is 10.5. The number of carbonyl (C=O) groups is 3. The highest BCUT2D eigenvalue weighted by Gasteiger charge is 2.26. The number of nitrogens with one attached hydrogen (secondary N) is 1. The monoisotopic (exact) mass is 391 g/mol. The van der Waals surface area contributed by atoms with E-state index in [1.54, 1.807) is 32.0 Å².